The van der Waals surface area contributed by atoms with E-state index < -0.39 is 10.0 Å². The Labute approximate surface area is 151 Å². The van der Waals surface area contributed by atoms with Gasteiger partial charge in [0.25, 0.3) is 0 Å². The molecule has 0 radical (unpaired) electrons. The third kappa shape index (κ3) is 4.61. The van der Waals surface area contributed by atoms with E-state index in [0.717, 1.165) is 16.7 Å². The first-order chi connectivity index (χ1) is 11.4. The molecule has 0 atom stereocenters. The van der Waals surface area contributed by atoms with E-state index in [-0.39, 0.29) is 17.4 Å². The topological polar surface area (TPSA) is 66.5 Å². The molecule has 1 aliphatic rings. The minimum atomic E-state index is -3.57. The summed E-state index contributed by atoms with van der Waals surface area (Å²) in [7, 11) is -3.57. The normalized spacial score (nSPS) is 17.0. The summed E-state index contributed by atoms with van der Waals surface area (Å²) < 4.78 is 28.7. The highest BCUT2D eigenvalue weighted by Gasteiger charge is 2.28. The van der Waals surface area contributed by atoms with Crippen molar-refractivity contribution >= 4 is 15.9 Å². The van der Waals surface area contributed by atoms with Crippen LogP contribution in [0.1, 0.15) is 57.2 Å². The standard InChI is InChI=1S/C19H30N2O3S/c1-13-11-16(19(4,5)6)12-14(2)18(13)25(23,24)20-17-7-9-21(10-8-17)15(3)22/h11-12,17,20H,7-10H2,1-6H3. The van der Waals surface area contributed by atoms with Gasteiger partial charge in [-0.1, -0.05) is 32.9 Å². The Bertz CT molecular complexity index is 732. The van der Waals surface area contributed by atoms with E-state index in [0.29, 0.717) is 30.8 Å². The average molecular weight is 367 g/mol. The molecule has 1 fully saturated rings. The summed E-state index contributed by atoms with van der Waals surface area (Å²) in [5, 5.41) is 0. The third-order valence-corrected chi connectivity index (χ3v) is 6.68. The monoisotopic (exact) mass is 366 g/mol. The second-order valence-electron chi connectivity index (χ2n) is 8.09. The smallest absolute Gasteiger partial charge is 0.241 e. The zero-order chi connectivity index (χ0) is 19.0. The molecule has 0 aromatic heterocycles. The molecule has 0 bridgehead atoms. The number of aryl methyl sites for hydroxylation is 2. The van der Waals surface area contributed by atoms with Crippen LogP contribution in [0, 0.1) is 13.8 Å². The van der Waals surface area contributed by atoms with E-state index >= 15 is 0 Å². The van der Waals surface area contributed by atoms with Gasteiger partial charge in [0.05, 0.1) is 4.90 Å². The lowest BCUT2D eigenvalue weighted by Gasteiger charge is -2.32. The number of rotatable bonds is 3. The molecule has 6 heteroatoms. The van der Waals surface area contributed by atoms with Crippen LogP contribution in [0.5, 0.6) is 0 Å². The summed E-state index contributed by atoms with van der Waals surface area (Å²) >= 11 is 0. The number of likely N-dealkylation sites (tertiary alicyclic amines) is 1. The molecule has 1 saturated heterocycles. The minimum Gasteiger partial charge on any atom is -0.343 e. The number of hydrogen-bond donors (Lipinski definition) is 1. The number of nitrogens with zero attached hydrogens (tertiary/aromatic N) is 1. The van der Waals surface area contributed by atoms with Crippen LogP contribution >= 0.6 is 0 Å². The third-order valence-electron chi connectivity index (χ3n) is 4.86. The summed E-state index contributed by atoms with van der Waals surface area (Å²) in [4.78, 5) is 13.5. The van der Waals surface area contributed by atoms with Crippen LogP contribution in [0.3, 0.4) is 0 Å². The van der Waals surface area contributed by atoms with Gasteiger partial charge in [0.1, 0.15) is 0 Å². The molecule has 2 rings (SSSR count). The van der Waals surface area contributed by atoms with E-state index in [1.54, 1.807) is 11.8 Å². The lowest BCUT2D eigenvalue weighted by atomic mass is 9.85. The number of carbonyl (C=O) groups is 1. The fraction of sp³-hybridized carbons (Fsp3) is 0.632. The summed E-state index contributed by atoms with van der Waals surface area (Å²) in [5.41, 5.74) is 2.67. The fourth-order valence-corrected chi connectivity index (χ4v) is 5.16. The molecular formula is C19H30N2O3S. The number of carbonyl (C=O) groups excluding carboxylic acids is 1. The first kappa shape index (κ1) is 19.9. The van der Waals surface area contributed by atoms with E-state index in [1.807, 2.05) is 26.0 Å². The molecule has 0 unspecified atom stereocenters. The highest BCUT2D eigenvalue weighted by molar-refractivity contribution is 7.89. The first-order valence-electron chi connectivity index (χ1n) is 8.81. The molecule has 1 aliphatic heterocycles. The lowest BCUT2D eigenvalue weighted by Crippen LogP contribution is -2.46. The van der Waals surface area contributed by atoms with Gasteiger partial charge in [-0.05, 0) is 48.8 Å². The maximum Gasteiger partial charge on any atom is 0.241 e. The fourth-order valence-electron chi connectivity index (χ4n) is 3.40. The Balaban J connectivity index is 2.22. The predicted molar refractivity (Wildman–Crippen MR) is 100 cm³/mol. The summed E-state index contributed by atoms with van der Waals surface area (Å²) in [6.07, 6.45) is 1.30. The van der Waals surface area contributed by atoms with Crippen molar-refractivity contribution in [3.05, 3.63) is 28.8 Å². The lowest BCUT2D eigenvalue weighted by molar-refractivity contribution is -0.129. The van der Waals surface area contributed by atoms with E-state index in [9.17, 15) is 13.2 Å². The van der Waals surface area contributed by atoms with E-state index in [1.165, 1.54) is 0 Å². The van der Waals surface area contributed by atoms with Crippen molar-refractivity contribution in [1.29, 1.82) is 0 Å². The average Bonchev–Trinajstić information content (AvgIpc) is 2.45. The van der Waals surface area contributed by atoms with Crippen LogP contribution in [-0.4, -0.2) is 38.4 Å². The highest BCUT2D eigenvalue weighted by atomic mass is 32.2. The Morgan fingerprint density at radius 3 is 2.00 bits per heavy atom. The van der Waals surface area contributed by atoms with Crippen molar-refractivity contribution < 1.29 is 13.2 Å². The van der Waals surface area contributed by atoms with Gasteiger partial charge in [-0.25, -0.2) is 13.1 Å². The van der Waals surface area contributed by atoms with Gasteiger partial charge in [-0.3, -0.25) is 4.79 Å². The van der Waals surface area contributed by atoms with Crippen LogP contribution < -0.4 is 4.72 Å². The Morgan fingerprint density at radius 1 is 1.12 bits per heavy atom. The van der Waals surface area contributed by atoms with Crippen LogP contribution in [0.4, 0.5) is 0 Å². The second kappa shape index (κ2) is 7.08. The molecule has 1 N–H and O–H groups in total. The van der Waals surface area contributed by atoms with Gasteiger partial charge >= 0.3 is 0 Å². The van der Waals surface area contributed by atoms with Gasteiger partial charge < -0.3 is 4.90 Å². The molecule has 1 heterocycles. The number of sulfonamides is 1. The van der Waals surface area contributed by atoms with Crippen molar-refractivity contribution in [2.75, 3.05) is 13.1 Å². The number of piperidine rings is 1. The second-order valence-corrected chi connectivity index (χ2v) is 9.74. The van der Waals surface area contributed by atoms with E-state index in [4.69, 9.17) is 0 Å². The molecule has 5 nitrogen and oxygen atoms in total. The molecule has 1 aromatic carbocycles. The van der Waals surface area contributed by atoms with Crippen LogP contribution in [0.25, 0.3) is 0 Å². The summed E-state index contributed by atoms with van der Waals surface area (Å²) in [5.74, 6) is 0.0470. The molecule has 0 saturated carbocycles. The van der Waals surface area contributed by atoms with Crippen LogP contribution in [0.2, 0.25) is 0 Å². The number of amides is 1. The largest absolute Gasteiger partial charge is 0.343 e. The Morgan fingerprint density at radius 2 is 1.60 bits per heavy atom. The van der Waals surface area contributed by atoms with Crippen molar-refractivity contribution in [3.63, 3.8) is 0 Å². The maximum absolute atomic E-state index is 12.9. The summed E-state index contributed by atoms with van der Waals surface area (Å²) in [6.45, 7) is 12.8. The number of nitrogens with one attached hydrogen (secondary N) is 1. The Kier molecular flexibility index (Phi) is 5.64. The van der Waals surface area contributed by atoms with Crippen molar-refractivity contribution in [1.82, 2.24) is 9.62 Å². The number of benzene rings is 1. The van der Waals surface area contributed by atoms with Crippen LogP contribution in [0.15, 0.2) is 17.0 Å². The van der Waals surface area contributed by atoms with Gasteiger partial charge in [0, 0.05) is 26.1 Å². The zero-order valence-corrected chi connectivity index (χ0v) is 17.0. The molecule has 25 heavy (non-hydrogen) atoms. The SMILES string of the molecule is CC(=O)N1CCC(NS(=O)(=O)c2c(C)cc(C(C)(C)C)cc2C)CC1. The highest BCUT2D eigenvalue weighted by Crippen LogP contribution is 2.29. The molecule has 1 aromatic rings. The quantitative estimate of drug-likeness (QED) is 0.894. The van der Waals surface area contributed by atoms with E-state index in [2.05, 4.69) is 25.5 Å². The van der Waals surface area contributed by atoms with Gasteiger partial charge in [-0.2, -0.15) is 0 Å². The molecular weight excluding hydrogens is 336 g/mol. The molecule has 140 valence electrons. The van der Waals surface area contributed by atoms with Gasteiger partial charge in [0.2, 0.25) is 15.9 Å². The first-order valence-corrected chi connectivity index (χ1v) is 10.3. The molecule has 0 aliphatic carbocycles. The molecule has 0 spiro atoms. The van der Waals surface area contributed by atoms with Crippen molar-refractivity contribution in [2.24, 2.45) is 0 Å². The predicted octanol–water partition coefficient (Wildman–Crippen LogP) is 2.89. The Hall–Kier alpha value is -1.40. The van der Waals surface area contributed by atoms with Crippen molar-refractivity contribution in [2.45, 2.75) is 70.7 Å². The maximum atomic E-state index is 12.9. The summed E-state index contributed by atoms with van der Waals surface area (Å²) in [6, 6.07) is 3.82. The van der Waals surface area contributed by atoms with Gasteiger partial charge in [-0.15, -0.1) is 0 Å². The number of hydrogen-bond acceptors (Lipinski definition) is 3. The van der Waals surface area contributed by atoms with Crippen molar-refractivity contribution in [3.8, 4) is 0 Å². The zero-order valence-electron chi connectivity index (χ0n) is 16.1. The minimum absolute atomic E-state index is 0.0231. The molecule has 1 amide bonds. The van der Waals surface area contributed by atoms with Gasteiger partial charge in [0.15, 0.2) is 0 Å². The van der Waals surface area contributed by atoms with Crippen LogP contribution in [-0.2, 0) is 20.2 Å².